The van der Waals surface area contributed by atoms with Crippen LogP contribution in [0.25, 0.3) is 11.3 Å². The molecule has 1 aromatic heterocycles. The van der Waals surface area contributed by atoms with E-state index in [1.165, 1.54) is 0 Å². The molecule has 0 aliphatic carbocycles. The number of nitro benzene ring substituents is 1. The Labute approximate surface area is 170 Å². The van der Waals surface area contributed by atoms with Gasteiger partial charge in [0.05, 0.1) is 21.2 Å². The molecule has 0 N–H and O–H groups in total. The first-order chi connectivity index (χ1) is 13.9. The molecule has 0 amide bonds. The standard InChI is InChI=1S/C19H12F6N2O2S/c1-10-2-4-11(5-3-10)15-9-30-17(26-15)7-12-6-14(19(23,24)25)16(27(28)29)8-13(12)18(20,21)22/h2-6,8-9H,7H2,1H3. The van der Waals surface area contributed by atoms with Crippen molar-refractivity contribution in [2.75, 3.05) is 0 Å². The van der Waals surface area contributed by atoms with Gasteiger partial charge in [-0.05, 0) is 18.6 Å². The Hall–Kier alpha value is -2.95. The zero-order valence-electron chi connectivity index (χ0n) is 15.1. The van der Waals surface area contributed by atoms with E-state index in [2.05, 4.69) is 4.98 Å². The van der Waals surface area contributed by atoms with Gasteiger partial charge in [-0.2, -0.15) is 26.3 Å². The summed E-state index contributed by atoms with van der Waals surface area (Å²) in [6.45, 7) is 1.88. The van der Waals surface area contributed by atoms with E-state index in [4.69, 9.17) is 0 Å². The highest BCUT2D eigenvalue weighted by atomic mass is 32.1. The van der Waals surface area contributed by atoms with Gasteiger partial charge < -0.3 is 0 Å². The van der Waals surface area contributed by atoms with Crippen molar-refractivity contribution in [3.8, 4) is 11.3 Å². The molecule has 3 rings (SSSR count). The summed E-state index contributed by atoms with van der Waals surface area (Å²) in [5.74, 6) is 0. The van der Waals surface area contributed by atoms with Crippen molar-refractivity contribution in [3.05, 3.63) is 79.2 Å². The van der Waals surface area contributed by atoms with Gasteiger partial charge in [0.25, 0.3) is 5.69 Å². The van der Waals surface area contributed by atoms with Crippen molar-refractivity contribution in [1.29, 1.82) is 0 Å². The van der Waals surface area contributed by atoms with Crippen LogP contribution in [0.3, 0.4) is 0 Å². The van der Waals surface area contributed by atoms with Gasteiger partial charge in [0, 0.05) is 23.4 Å². The van der Waals surface area contributed by atoms with Crippen LogP contribution in [0.15, 0.2) is 41.8 Å². The van der Waals surface area contributed by atoms with Crippen LogP contribution in [-0.4, -0.2) is 9.91 Å². The van der Waals surface area contributed by atoms with Crippen LogP contribution in [0, 0.1) is 17.0 Å². The van der Waals surface area contributed by atoms with Crippen molar-refractivity contribution < 1.29 is 31.3 Å². The number of aryl methyl sites for hydroxylation is 1. The van der Waals surface area contributed by atoms with Crippen molar-refractivity contribution in [2.24, 2.45) is 0 Å². The minimum absolute atomic E-state index is 0.0628. The predicted molar refractivity (Wildman–Crippen MR) is 98.2 cm³/mol. The van der Waals surface area contributed by atoms with E-state index in [0.717, 1.165) is 16.9 Å². The Morgan fingerprint density at radius 2 is 1.60 bits per heavy atom. The fraction of sp³-hybridized carbons (Fsp3) is 0.211. The highest BCUT2D eigenvalue weighted by Crippen LogP contribution is 2.42. The van der Waals surface area contributed by atoms with Crippen molar-refractivity contribution >= 4 is 17.0 Å². The van der Waals surface area contributed by atoms with Gasteiger partial charge in [0.1, 0.15) is 5.56 Å². The molecule has 0 atom stereocenters. The lowest BCUT2D eigenvalue weighted by molar-refractivity contribution is -0.388. The topological polar surface area (TPSA) is 56.0 Å². The van der Waals surface area contributed by atoms with Gasteiger partial charge >= 0.3 is 12.4 Å². The third-order valence-corrected chi connectivity index (χ3v) is 5.12. The maximum atomic E-state index is 13.4. The van der Waals surface area contributed by atoms with E-state index in [-0.39, 0.29) is 17.1 Å². The fourth-order valence-corrected chi connectivity index (χ4v) is 3.66. The molecule has 4 nitrogen and oxygen atoms in total. The molecule has 0 fully saturated rings. The first kappa shape index (κ1) is 21.8. The van der Waals surface area contributed by atoms with Gasteiger partial charge in [-0.3, -0.25) is 10.1 Å². The van der Waals surface area contributed by atoms with E-state index in [9.17, 15) is 36.5 Å². The minimum atomic E-state index is -5.18. The monoisotopic (exact) mass is 446 g/mol. The Kier molecular flexibility index (Phi) is 5.59. The van der Waals surface area contributed by atoms with E-state index >= 15 is 0 Å². The lowest BCUT2D eigenvalue weighted by Crippen LogP contribution is -2.15. The zero-order chi connectivity index (χ0) is 22.3. The van der Waals surface area contributed by atoms with Crippen LogP contribution in [0.2, 0.25) is 0 Å². The van der Waals surface area contributed by atoms with Crippen LogP contribution >= 0.6 is 11.3 Å². The molecule has 1 heterocycles. The number of rotatable bonds is 4. The smallest absolute Gasteiger partial charge is 0.258 e. The van der Waals surface area contributed by atoms with E-state index in [1.54, 1.807) is 17.5 Å². The molecule has 2 aromatic carbocycles. The third kappa shape index (κ3) is 4.61. The summed E-state index contributed by atoms with van der Waals surface area (Å²) >= 11 is 0.993. The van der Waals surface area contributed by atoms with Crippen LogP contribution in [0.1, 0.15) is 27.3 Å². The summed E-state index contributed by atoms with van der Waals surface area (Å²) in [6, 6.07) is 7.30. The molecule has 0 aliphatic heterocycles. The Morgan fingerprint density at radius 1 is 1.00 bits per heavy atom. The van der Waals surface area contributed by atoms with E-state index < -0.39 is 46.1 Å². The SMILES string of the molecule is Cc1ccc(-c2csc(Cc3cc(C(F)(F)F)c([N+](=O)[O-])cc3C(F)(F)F)n2)cc1. The van der Waals surface area contributed by atoms with Crippen LogP contribution in [0.4, 0.5) is 32.0 Å². The number of nitro groups is 1. The Morgan fingerprint density at radius 3 is 2.13 bits per heavy atom. The van der Waals surface area contributed by atoms with Gasteiger partial charge in [-0.15, -0.1) is 11.3 Å². The molecule has 158 valence electrons. The molecular weight excluding hydrogens is 434 g/mol. The number of hydrogen-bond acceptors (Lipinski definition) is 4. The number of aromatic nitrogens is 1. The Balaban J connectivity index is 2.07. The summed E-state index contributed by atoms with van der Waals surface area (Å²) < 4.78 is 79.9. The van der Waals surface area contributed by atoms with Gasteiger partial charge in [-0.1, -0.05) is 29.8 Å². The third-order valence-electron chi connectivity index (χ3n) is 4.27. The quantitative estimate of drug-likeness (QED) is 0.256. The molecule has 11 heteroatoms. The predicted octanol–water partition coefficient (Wildman–Crippen LogP) is 6.66. The van der Waals surface area contributed by atoms with Crippen molar-refractivity contribution in [1.82, 2.24) is 4.98 Å². The lowest BCUT2D eigenvalue weighted by Gasteiger charge is -2.15. The first-order valence-corrected chi connectivity index (χ1v) is 9.21. The molecule has 0 radical (unpaired) electrons. The lowest BCUT2D eigenvalue weighted by atomic mass is 9.98. The summed E-state index contributed by atoms with van der Waals surface area (Å²) in [4.78, 5) is 13.7. The number of halogens is 6. The molecule has 0 aliphatic rings. The number of hydrogen-bond donors (Lipinski definition) is 0. The number of thiazole rings is 1. The van der Waals surface area contributed by atoms with Crippen molar-refractivity contribution in [2.45, 2.75) is 25.7 Å². The van der Waals surface area contributed by atoms with E-state index in [1.807, 2.05) is 19.1 Å². The highest BCUT2D eigenvalue weighted by molar-refractivity contribution is 7.10. The average molecular weight is 446 g/mol. The molecule has 0 spiro atoms. The molecule has 0 saturated carbocycles. The second-order valence-corrected chi connectivity index (χ2v) is 7.39. The van der Waals surface area contributed by atoms with Crippen molar-refractivity contribution in [3.63, 3.8) is 0 Å². The van der Waals surface area contributed by atoms with Gasteiger partial charge in [0.2, 0.25) is 0 Å². The second-order valence-electron chi connectivity index (χ2n) is 6.45. The Bertz CT molecular complexity index is 1090. The largest absolute Gasteiger partial charge is 0.423 e. The first-order valence-electron chi connectivity index (χ1n) is 8.33. The summed E-state index contributed by atoms with van der Waals surface area (Å²) in [7, 11) is 0. The summed E-state index contributed by atoms with van der Waals surface area (Å²) in [5.41, 5.74) is -3.42. The average Bonchev–Trinajstić information content (AvgIpc) is 3.08. The number of nitrogens with zero attached hydrogens (tertiary/aromatic N) is 2. The number of benzene rings is 2. The maximum absolute atomic E-state index is 13.4. The molecule has 0 unspecified atom stereocenters. The highest BCUT2D eigenvalue weighted by Gasteiger charge is 2.43. The van der Waals surface area contributed by atoms with Crippen LogP contribution in [0.5, 0.6) is 0 Å². The van der Waals surface area contributed by atoms with Gasteiger partial charge in [-0.25, -0.2) is 4.98 Å². The second kappa shape index (κ2) is 7.71. The number of alkyl halides is 6. The zero-order valence-corrected chi connectivity index (χ0v) is 16.0. The molecule has 30 heavy (non-hydrogen) atoms. The van der Waals surface area contributed by atoms with Gasteiger partial charge in [0.15, 0.2) is 0 Å². The molecule has 0 bridgehead atoms. The van der Waals surface area contributed by atoms with E-state index in [0.29, 0.717) is 11.3 Å². The summed E-state index contributed by atoms with van der Waals surface area (Å²) in [5, 5.41) is 12.7. The fourth-order valence-electron chi connectivity index (χ4n) is 2.83. The maximum Gasteiger partial charge on any atom is 0.423 e. The normalized spacial score (nSPS) is 12.2. The van der Waals surface area contributed by atoms with Crippen LogP contribution in [-0.2, 0) is 18.8 Å². The minimum Gasteiger partial charge on any atom is -0.258 e. The molecule has 0 saturated heterocycles. The summed E-state index contributed by atoms with van der Waals surface area (Å²) in [6.07, 6.45) is -10.8. The molecular formula is C19H12F6N2O2S. The molecule has 3 aromatic rings. The van der Waals surface area contributed by atoms with Crippen LogP contribution < -0.4 is 0 Å².